The molecule has 0 heterocycles. The Labute approximate surface area is 104 Å². The zero-order chi connectivity index (χ0) is 13.5. The Hall–Kier alpha value is -2.50. The van der Waals surface area contributed by atoms with E-state index in [9.17, 15) is 14.4 Å². The molecule has 6 heteroatoms. The van der Waals surface area contributed by atoms with Crippen molar-refractivity contribution in [1.29, 1.82) is 0 Å². The molecular weight excluding hydrogens is 234 g/mol. The van der Waals surface area contributed by atoms with Crippen LogP contribution in [0.2, 0.25) is 0 Å². The molecule has 0 radical (unpaired) electrons. The monoisotopic (exact) mass is 247 g/mol. The van der Waals surface area contributed by atoms with Crippen molar-refractivity contribution in [2.24, 2.45) is 5.10 Å². The van der Waals surface area contributed by atoms with Gasteiger partial charge < -0.3 is 5.32 Å². The van der Waals surface area contributed by atoms with Crippen molar-refractivity contribution in [1.82, 2.24) is 10.7 Å². The fourth-order valence-corrected chi connectivity index (χ4v) is 1.16. The molecule has 94 valence electrons. The van der Waals surface area contributed by atoms with Crippen LogP contribution in [-0.2, 0) is 4.79 Å². The summed E-state index contributed by atoms with van der Waals surface area (Å²) in [5, 5.41) is 5.94. The summed E-state index contributed by atoms with van der Waals surface area (Å²) in [6.45, 7) is 1.33. The number of Topliss-reactive ketones (excluding diaryl/α,β-unsaturated/α-hetero) is 1. The Balaban J connectivity index is 2.70. The van der Waals surface area contributed by atoms with E-state index in [0.717, 1.165) is 6.21 Å². The summed E-state index contributed by atoms with van der Waals surface area (Å²) in [6.07, 6.45) is 1.01. The van der Waals surface area contributed by atoms with Gasteiger partial charge in [0.25, 0.3) is 11.8 Å². The van der Waals surface area contributed by atoms with Gasteiger partial charge in [-0.3, -0.25) is 14.4 Å². The van der Waals surface area contributed by atoms with Gasteiger partial charge in [-0.2, -0.15) is 5.10 Å². The first-order chi connectivity index (χ1) is 8.54. The maximum absolute atomic E-state index is 11.5. The molecule has 0 aliphatic rings. The van der Waals surface area contributed by atoms with Crippen LogP contribution in [0.4, 0.5) is 0 Å². The number of nitrogens with zero attached hydrogens (tertiary/aromatic N) is 1. The van der Waals surface area contributed by atoms with Crippen LogP contribution >= 0.6 is 0 Å². The average molecular weight is 247 g/mol. The summed E-state index contributed by atoms with van der Waals surface area (Å²) >= 11 is 0. The highest BCUT2D eigenvalue weighted by Crippen LogP contribution is 2.04. The fraction of sp³-hybridized carbons (Fsp3) is 0.167. The van der Waals surface area contributed by atoms with E-state index in [1.807, 2.05) is 0 Å². The molecule has 0 saturated carbocycles. The van der Waals surface area contributed by atoms with Gasteiger partial charge in [-0.15, -0.1) is 0 Å². The summed E-state index contributed by atoms with van der Waals surface area (Å²) in [7, 11) is 1.53. The molecule has 1 aromatic rings. The lowest BCUT2D eigenvalue weighted by Crippen LogP contribution is -2.20. The minimum atomic E-state index is -0.448. The number of carbonyl (C=O) groups excluding carboxylic acids is 3. The molecule has 2 amide bonds. The molecule has 0 atom stereocenters. The number of hydrazone groups is 1. The van der Waals surface area contributed by atoms with Gasteiger partial charge in [0.1, 0.15) is 0 Å². The lowest BCUT2D eigenvalue weighted by atomic mass is 10.1. The summed E-state index contributed by atoms with van der Waals surface area (Å²) < 4.78 is 0. The molecule has 0 spiro atoms. The van der Waals surface area contributed by atoms with E-state index >= 15 is 0 Å². The van der Waals surface area contributed by atoms with Crippen LogP contribution in [0.25, 0.3) is 0 Å². The van der Waals surface area contributed by atoms with E-state index in [1.54, 1.807) is 0 Å². The van der Waals surface area contributed by atoms with Crippen molar-refractivity contribution < 1.29 is 14.4 Å². The van der Waals surface area contributed by atoms with Gasteiger partial charge in [-0.1, -0.05) is 0 Å². The number of rotatable bonds is 4. The van der Waals surface area contributed by atoms with Gasteiger partial charge >= 0.3 is 0 Å². The third-order valence-electron chi connectivity index (χ3n) is 2.05. The zero-order valence-electron chi connectivity index (χ0n) is 10.1. The van der Waals surface area contributed by atoms with Crippen molar-refractivity contribution >= 4 is 23.8 Å². The van der Waals surface area contributed by atoms with Gasteiger partial charge in [0.15, 0.2) is 5.78 Å². The van der Waals surface area contributed by atoms with E-state index in [-0.39, 0.29) is 11.7 Å². The highest BCUT2D eigenvalue weighted by atomic mass is 16.2. The standard InChI is InChI=1S/C12H13N3O3/c1-8(16)7-14-15-12(18)10-5-3-9(4-6-10)11(17)13-2/h3-7H,1-2H3,(H,13,17)(H,15,18)/b14-7+. The van der Waals surface area contributed by atoms with E-state index in [1.165, 1.54) is 38.2 Å². The molecule has 0 unspecified atom stereocenters. The highest BCUT2D eigenvalue weighted by molar-refractivity contribution is 6.26. The summed E-state index contributed by atoms with van der Waals surface area (Å²) in [4.78, 5) is 33.4. The van der Waals surface area contributed by atoms with E-state index in [0.29, 0.717) is 11.1 Å². The maximum atomic E-state index is 11.5. The van der Waals surface area contributed by atoms with E-state index in [4.69, 9.17) is 0 Å². The largest absolute Gasteiger partial charge is 0.355 e. The minimum Gasteiger partial charge on any atom is -0.355 e. The first-order valence-corrected chi connectivity index (χ1v) is 5.20. The van der Waals surface area contributed by atoms with Crippen molar-refractivity contribution in [2.75, 3.05) is 7.05 Å². The van der Waals surface area contributed by atoms with Gasteiger partial charge in [-0.05, 0) is 24.3 Å². The first-order valence-electron chi connectivity index (χ1n) is 5.20. The van der Waals surface area contributed by atoms with Crippen LogP contribution in [0, 0.1) is 0 Å². The van der Waals surface area contributed by atoms with Crippen molar-refractivity contribution in [2.45, 2.75) is 6.92 Å². The van der Waals surface area contributed by atoms with Crippen LogP contribution in [0.15, 0.2) is 29.4 Å². The number of hydrogen-bond donors (Lipinski definition) is 2. The van der Waals surface area contributed by atoms with Gasteiger partial charge in [0.05, 0.1) is 6.21 Å². The Bertz CT molecular complexity index is 492. The van der Waals surface area contributed by atoms with Gasteiger partial charge in [0.2, 0.25) is 0 Å². The second-order valence-electron chi connectivity index (χ2n) is 3.47. The number of nitrogens with one attached hydrogen (secondary N) is 2. The number of ketones is 1. The normalized spacial score (nSPS) is 10.1. The van der Waals surface area contributed by atoms with Crippen molar-refractivity contribution in [3.63, 3.8) is 0 Å². The van der Waals surface area contributed by atoms with Crippen LogP contribution in [0.3, 0.4) is 0 Å². The van der Waals surface area contributed by atoms with E-state index < -0.39 is 5.91 Å². The summed E-state index contributed by atoms with van der Waals surface area (Å²) in [5.74, 6) is -0.933. The third kappa shape index (κ3) is 3.82. The lowest BCUT2D eigenvalue weighted by Gasteiger charge is -2.02. The van der Waals surface area contributed by atoms with Gasteiger partial charge in [0, 0.05) is 25.1 Å². The second kappa shape index (κ2) is 6.29. The molecule has 0 aliphatic carbocycles. The quantitative estimate of drug-likeness (QED) is 0.594. The van der Waals surface area contributed by atoms with Gasteiger partial charge in [-0.25, -0.2) is 5.43 Å². The smallest absolute Gasteiger partial charge is 0.271 e. The third-order valence-corrected chi connectivity index (χ3v) is 2.05. The van der Waals surface area contributed by atoms with E-state index in [2.05, 4.69) is 15.8 Å². The molecule has 0 aliphatic heterocycles. The highest BCUT2D eigenvalue weighted by Gasteiger charge is 2.06. The SMILES string of the molecule is CNC(=O)c1ccc(C(=O)N/N=C/C(C)=O)cc1. The Morgan fingerprint density at radius 2 is 1.56 bits per heavy atom. The zero-order valence-corrected chi connectivity index (χ0v) is 10.1. The number of amides is 2. The molecule has 0 fully saturated rings. The van der Waals surface area contributed by atoms with Crippen molar-refractivity contribution in [3.8, 4) is 0 Å². The molecule has 0 saturated heterocycles. The molecule has 6 nitrogen and oxygen atoms in total. The molecule has 0 bridgehead atoms. The number of benzene rings is 1. The van der Waals surface area contributed by atoms with Crippen LogP contribution in [0.1, 0.15) is 27.6 Å². The molecule has 18 heavy (non-hydrogen) atoms. The first kappa shape index (κ1) is 13.6. The maximum Gasteiger partial charge on any atom is 0.271 e. The van der Waals surface area contributed by atoms with Crippen LogP contribution in [0.5, 0.6) is 0 Å². The minimum absolute atomic E-state index is 0.225. The Morgan fingerprint density at radius 3 is 2.00 bits per heavy atom. The molecular formula is C12H13N3O3. The predicted molar refractivity (Wildman–Crippen MR) is 66.5 cm³/mol. The topological polar surface area (TPSA) is 87.6 Å². The Morgan fingerprint density at radius 1 is 1.06 bits per heavy atom. The molecule has 0 aromatic heterocycles. The number of hydrogen-bond acceptors (Lipinski definition) is 4. The fourth-order valence-electron chi connectivity index (χ4n) is 1.16. The second-order valence-corrected chi connectivity index (χ2v) is 3.47. The molecule has 1 rings (SSSR count). The summed E-state index contributed by atoms with van der Waals surface area (Å²) in [5.41, 5.74) is 3.01. The average Bonchev–Trinajstić information content (AvgIpc) is 2.37. The Kier molecular flexibility index (Phi) is 4.74. The lowest BCUT2D eigenvalue weighted by molar-refractivity contribution is -0.110. The van der Waals surface area contributed by atoms with Crippen LogP contribution < -0.4 is 10.7 Å². The number of carbonyl (C=O) groups is 3. The molecule has 2 N–H and O–H groups in total. The molecule has 1 aromatic carbocycles. The summed E-state index contributed by atoms with van der Waals surface area (Å²) in [6, 6.07) is 6.07. The van der Waals surface area contributed by atoms with Crippen LogP contribution in [-0.4, -0.2) is 30.9 Å². The van der Waals surface area contributed by atoms with Crippen molar-refractivity contribution in [3.05, 3.63) is 35.4 Å². The predicted octanol–water partition coefficient (Wildman–Crippen LogP) is 0.351.